The Kier molecular flexibility index (Phi) is 2.83. The molecule has 104 valence electrons. The van der Waals surface area contributed by atoms with E-state index in [4.69, 9.17) is 5.11 Å². The normalized spacial score (nSPS) is 13.0. The molecule has 2 aromatic rings. The van der Waals surface area contributed by atoms with Crippen LogP contribution in [-0.4, -0.2) is 23.0 Å². The number of carboxylic acid groups (broad SMARTS) is 1. The molecule has 1 N–H and O–H groups in total. The molecule has 0 unspecified atom stereocenters. The number of fused-ring (bicyclic) bond motifs is 1. The van der Waals surface area contributed by atoms with Crippen LogP contribution in [0.3, 0.4) is 0 Å². The summed E-state index contributed by atoms with van der Waals surface area (Å²) in [4.78, 5) is 33.9. The van der Waals surface area contributed by atoms with Gasteiger partial charge < -0.3 is 9.84 Å². The zero-order chi connectivity index (χ0) is 15.1. The van der Waals surface area contributed by atoms with Gasteiger partial charge in [-0.2, -0.15) is 0 Å². The average Bonchev–Trinajstić information content (AvgIpc) is 2.73. The minimum Gasteiger partial charge on any atom is -0.478 e. The highest BCUT2D eigenvalue weighted by molar-refractivity contribution is 6.15. The summed E-state index contributed by atoms with van der Waals surface area (Å²) >= 11 is 0. The van der Waals surface area contributed by atoms with E-state index in [0.29, 0.717) is 5.56 Å². The predicted molar refractivity (Wildman–Crippen MR) is 73.3 cm³/mol. The number of carbonyl (C=O) groups is 3. The van der Waals surface area contributed by atoms with Crippen molar-refractivity contribution >= 4 is 17.9 Å². The van der Waals surface area contributed by atoms with Crippen LogP contribution in [0.2, 0.25) is 0 Å². The molecule has 5 heteroatoms. The molecule has 1 heterocycles. The van der Waals surface area contributed by atoms with Gasteiger partial charge in [0.2, 0.25) is 0 Å². The molecule has 0 radical (unpaired) electrons. The third-order valence-electron chi connectivity index (χ3n) is 3.43. The number of carbonyl (C=O) groups excluding carboxylic acids is 2. The highest BCUT2D eigenvalue weighted by atomic mass is 16.6. The molecule has 1 aliphatic heterocycles. The fraction of sp³-hybridized carbons (Fsp3) is 0.0625. The van der Waals surface area contributed by atoms with E-state index in [1.807, 2.05) is 0 Å². The third-order valence-corrected chi connectivity index (χ3v) is 3.43. The minimum absolute atomic E-state index is 0.231. The Morgan fingerprint density at radius 1 is 0.952 bits per heavy atom. The second kappa shape index (κ2) is 4.56. The monoisotopic (exact) mass is 282 g/mol. The Bertz CT molecular complexity index is 804. The van der Waals surface area contributed by atoms with Crippen LogP contribution in [0.1, 0.15) is 36.6 Å². The first kappa shape index (κ1) is 13.1. The molecule has 21 heavy (non-hydrogen) atoms. The lowest BCUT2D eigenvalue weighted by molar-refractivity contribution is 0.0443. The molecule has 3 rings (SSSR count). The van der Waals surface area contributed by atoms with Crippen molar-refractivity contribution in [3.63, 3.8) is 0 Å². The van der Waals surface area contributed by atoms with E-state index in [-0.39, 0.29) is 16.7 Å². The van der Waals surface area contributed by atoms with Crippen molar-refractivity contribution in [3.8, 4) is 11.1 Å². The molecule has 0 aromatic heterocycles. The summed E-state index contributed by atoms with van der Waals surface area (Å²) in [5, 5.41) is 9.02. The van der Waals surface area contributed by atoms with E-state index >= 15 is 0 Å². The molecule has 0 amide bonds. The molecule has 5 nitrogen and oxygen atoms in total. The smallest absolute Gasteiger partial charge is 0.346 e. The van der Waals surface area contributed by atoms with Gasteiger partial charge in [0.05, 0.1) is 16.7 Å². The number of hydrogen-bond acceptors (Lipinski definition) is 4. The Balaban J connectivity index is 2.08. The first-order valence-electron chi connectivity index (χ1n) is 6.22. The van der Waals surface area contributed by atoms with Crippen LogP contribution in [0.5, 0.6) is 0 Å². The largest absolute Gasteiger partial charge is 0.478 e. The first-order valence-corrected chi connectivity index (χ1v) is 6.22. The fourth-order valence-electron chi connectivity index (χ4n) is 2.35. The van der Waals surface area contributed by atoms with Crippen molar-refractivity contribution in [3.05, 3.63) is 58.7 Å². The average molecular weight is 282 g/mol. The van der Waals surface area contributed by atoms with Gasteiger partial charge >= 0.3 is 17.9 Å². The lowest BCUT2D eigenvalue weighted by atomic mass is 9.97. The SMILES string of the molecule is Cc1cc(-c2ccc3c(c2)C(=O)OC3=O)ccc1C(=O)O. The second-order valence-electron chi connectivity index (χ2n) is 4.77. The van der Waals surface area contributed by atoms with Crippen LogP contribution < -0.4 is 0 Å². The maximum absolute atomic E-state index is 11.5. The first-order chi connectivity index (χ1) is 9.97. The van der Waals surface area contributed by atoms with Crippen LogP contribution in [0.4, 0.5) is 0 Å². The zero-order valence-electron chi connectivity index (χ0n) is 11.0. The molecule has 0 bridgehead atoms. The summed E-state index contributed by atoms with van der Waals surface area (Å²) < 4.78 is 4.54. The Labute approximate surface area is 119 Å². The summed E-state index contributed by atoms with van der Waals surface area (Å²) in [6, 6.07) is 9.74. The number of esters is 2. The van der Waals surface area contributed by atoms with Gasteiger partial charge in [0.25, 0.3) is 0 Å². The molecule has 0 aliphatic carbocycles. The standard InChI is InChI=1S/C16H10O5/c1-8-6-9(2-4-11(8)14(17)18)10-3-5-12-13(7-10)16(20)21-15(12)19/h2-7H,1H3,(H,17,18). The zero-order valence-corrected chi connectivity index (χ0v) is 11.0. The maximum atomic E-state index is 11.5. The van der Waals surface area contributed by atoms with Crippen molar-refractivity contribution in [2.75, 3.05) is 0 Å². The van der Waals surface area contributed by atoms with Crippen molar-refractivity contribution in [2.45, 2.75) is 6.92 Å². The number of aryl methyl sites for hydroxylation is 1. The quantitative estimate of drug-likeness (QED) is 0.676. The molecule has 0 saturated heterocycles. The molecular weight excluding hydrogens is 272 g/mol. The van der Waals surface area contributed by atoms with E-state index in [1.165, 1.54) is 6.07 Å². The molecule has 2 aromatic carbocycles. The van der Waals surface area contributed by atoms with Crippen LogP contribution in [0, 0.1) is 6.92 Å². The summed E-state index contributed by atoms with van der Waals surface area (Å²) in [6.45, 7) is 1.71. The van der Waals surface area contributed by atoms with E-state index < -0.39 is 17.9 Å². The topological polar surface area (TPSA) is 80.7 Å². The highest BCUT2D eigenvalue weighted by Crippen LogP contribution is 2.28. The highest BCUT2D eigenvalue weighted by Gasteiger charge is 2.29. The van der Waals surface area contributed by atoms with Crippen molar-refractivity contribution < 1.29 is 24.2 Å². The van der Waals surface area contributed by atoms with Gasteiger partial charge in [-0.1, -0.05) is 18.2 Å². The number of aromatic carboxylic acids is 1. The molecule has 1 aliphatic rings. The maximum Gasteiger partial charge on any atom is 0.346 e. The van der Waals surface area contributed by atoms with Crippen molar-refractivity contribution in [2.24, 2.45) is 0 Å². The van der Waals surface area contributed by atoms with Crippen LogP contribution >= 0.6 is 0 Å². The molecule has 0 atom stereocenters. The minimum atomic E-state index is -0.984. The van der Waals surface area contributed by atoms with Gasteiger partial charge in [-0.05, 0) is 41.8 Å². The molecule has 0 fully saturated rings. The fourth-order valence-corrected chi connectivity index (χ4v) is 2.35. The lowest BCUT2D eigenvalue weighted by Crippen LogP contribution is -1.99. The predicted octanol–water partition coefficient (Wildman–Crippen LogP) is 2.67. The Hall–Kier alpha value is -2.95. The van der Waals surface area contributed by atoms with Crippen LogP contribution in [0.15, 0.2) is 36.4 Å². The Morgan fingerprint density at radius 2 is 1.57 bits per heavy atom. The molecular formula is C16H10O5. The summed E-state index contributed by atoms with van der Waals surface area (Å²) in [5.74, 6) is -2.28. The van der Waals surface area contributed by atoms with Crippen LogP contribution in [-0.2, 0) is 4.74 Å². The van der Waals surface area contributed by atoms with Gasteiger partial charge in [-0.3, -0.25) is 0 Å². The number of hydrogen-bond donors (Lipinski definition) is 1. The van der Waals surface area contributed by atoms with Crippen LogP contribution in [0.25, 0.3) is 11.1 Å². The van der Waals surface area contributed by atoms with Gasteiger partial charge in [0.15, 0.2) is 0 Å². The number of cyclic esters (lactones) is 2. The van der Waals surface area contributed by atoms with Crippen molar-refractivity contribution in [1.29, 1.82) is 0 Å². The molecule has 0 saturated carbocycles. The van der Waals surface area contributed by atoms with E-state index in [0.717, 1.165) is 11.1 Å². The summed E-state index contributed by atoms with van der Waals surface area (Å²) in [6.07, 6.45) is 0. The number of benzene rings is 2. The number of rotatable bonds is 2. The van der Waals surface area contributed by atoms with Gasteiger partial charge in [-0.15, -0.1) is 0 Å². The van der Waals surface area contributed by atoms with Gasteiger partial charge in [-0.25, -0.2) is 14.4 Å². The third kappa shape index (κ3) is 2.08. The van der Waals surface area contributed by atoms with E-state index in [1.54, 1.807) is 37.3 Å². The number of ether oxygens (including phenoxy) is 1. The van der Waals surface area contributed by atoms with E-state index in [9.17, 15) is 14.4 Å². The summed E-state index contributed by atoms with van der Waals surface area (Å²) in [7, 11) is 0. The van der Waals surface area contributed by atoms with Gasteiger partial charge in [0.1, 0.15) is 0 Å². The summed E-state index contributed by atoms with van der Waals surface area (Å²) in [5.41, 5.74) is 2.83. The second-order valence-corrected chi connectivity index (χ2v) is 4.77. The van der Waals surface area contributed by atoms with Crippen molar-refractivity contribution in [1.82, 2.24) is 0 Å². The number of carboxylic acids is 1. The molecule has 0 spiro atoms. The Morgan fingerprint density at radius 3 is 2.24 bits per heavy atom. The van der Waals surface area contributed by atoms with Gasteiger partial charge in [0, 0.05) is 0 Å². The van der Waals surface area contributed by atoms with E-state index in [2.05, 4.69) is 4.74 Å². The lowest BCUT2D eigenvalue weighted by Gasteiger charge is -2.06.